The van der Waals surface area contributed by atoms with Crippen molar-refractivity contribution in [1.29, 1.82) is 0 Å². The lowest BCUT2D eigenvalue weighted by Crippen LogP contribution is -2.46. The zero-order valence-electron chi connectivity index (χ0n) is 20.6. The topological polar surface area (TPSA) is 59.1 Å². The van der Waals surface area contributed by atoms with Gasteiger partial charge >= 0.3 is 5.97 Å². The second-order valence-electron chi connectivity index (χ2n) is 11.9. The van der Waals surface area contributed by atoms with Gasteiger partial charge in [0.05, 0.1) is 11.7 Å². The summed E-state index contributed by atoms with van der Waals surface area (Å²) in [6.07, 6.45) is 9.83. The van der Waals surface area contributed by atoms with E-state index in [1.165, 1.54) is 36.8 Å². The Kier molecular flexibility index (Phi) is 4.99. The van der Waals surface area contributed by atoms with E-state index in [1.54, 1.807) is 12.1 Å². The zero-order valence-corrected chi connectivity index (χ0v) is 20.6. The fourth-order valence-corrected chi connectivity index (χ4v) is 9.17. The number of rotatable bonds is 4. The van der Waals surface area contributed by atoms with E-state index >= 15 is 0 Å². The number of hydrogen-bond donors (Lipinski definition) is 1. The summed E-state index contributed by atoms with van der Waals surface area (Å²) in [6.45, 7) is 2.31. The lowest BCUT2D eigenvalue weighted by atomic mass is 9.55. The summed E-state index contributed by atoms with van der Waals surface area (Å²) in [7, 11) is 0. The fraction of sp³-hybridized carbons (Fsp3) is 0.581. The standard InChI is InChI=1S/C31H36O4/c1-2-6-20-15-21-16-24(34-29(33)19-7-4-3-5-8-19)11-12-25(21)26-13-14-30-27(28(20)26)17-22-9-10-23(32)18-31(22,30)35-30/h3-5,7-8,11-12,16,20,22-23,26-28,32H,2,6,9-10,13-15,17-18H2,1H3/t20-,22-,23+,26?,27?,28?,30-,31+/m1/s1. The maximum Gasteiger partial charge on any atom is 0.343 e. The normalized spacial score (nSPS) is 40.5. The molecule has 3 saturated carbocycles. The summed E-state index contributed by atoms with van der Waals surface area (Å²) in [5.74, 6) is 3.49. The molecule has 1 N–H and O–H groups in total. The van der Waals surface area contributed by atoms with Gasteiger partial charge in [0.15, 0.2) is 0 Å². The summed E-state index contributed by atoms with van der Waals surface area (Å²) < 4.78 is 12.5. The molecule has 5 aliphatic rings. The van der Waals surface area contributed by atoms with Crippen LogP contribution in [-0.2, 0) is 11.2 Å². The number of carbonyl (C=O) groups is 1. The third kappa shape index (κ3) is 3.15. The minimum absolute atomic E-state index is 0.0210. The first-order valence-electron chi connectivity index (χ1n) is 13.8. The highest BCUT2D eigenvalue weighted by molar-refractivity contribution is 5.91. The molecule has 8 atom stereocenters. The van der Waals surface area contributed by atoms with E-state index in [4.69, 9.17) is 9.47 Å². The van der Waals surface area contributed by atoms with Crippen molar-refractivity contribution in [1.82, 2.24) is 0 Å². The lowest BCUT2D eigenvalue weighted by Gasteiger charge is -2.49. The van der Waals surface area contributed by atoms with Gasteiger partial charge in [0, 0.05) is 6.42 Å². The smallest absolute Gasteiger partial charge is 0.343 e. The zero-order chi connectivity index (χ0) is 23.8. The number of aliphatic hydroxyl groups is 1. The lowest BCUT2D eigenvalue weighted by molar-refractivity contribution is -0.000217. The van der Waals surface area contributed by atoms with Crippen LogP contribution in [0.15, 0.2) is 48.5 Å². The molecule has 7 rings (SSSR count). The molecule has 1 saturated heterocycles. The van der Waals surface area contributed by atoms with Gasteiger partial charge in [-0.2, -0.15) is 0 Å². The number of esters is 1. The number of carbonyl (C=O) groups excluding carboxylic acids is 1. The number of aliphatic hydroxyl groups excluding tert-OH is 1. The molecule has 0 radical (unpaired) electrons. The monoisotopic (exact) mass is 472 g/mol. The van der Waals surface area contributed by atoms with E-state index in [0.29, 0.717) is 40.9 Å². The first kappa shape index (κ1) is 22.1. The van der Waals surface area contributed by atoms with E-state index in [1.807, 2.05) is 24.3 Å². The van der Waals surface area contributed by atoms with Gasteiger partial charge in [-0.25, -0.2) is 4.79 Å². The molecule has 0 bridgehead atoms. The van der Waals surface area contributed by atoms with Gasteiger partial charge in [-0.05, 0) is 104 Å². The third-order valence-electron chi connectivity index (χ3n) is 10.4. The van der Waals surface area contributed by atoms with Crippen molar-refractivity contribution in [3.05, 3.63) is 65.2 Å². The molecule has 4 nitrogen and oxygen atoms in total. The van der Waals surface area contributed by atoms with Crippen LogP contribution in [0.4, 0.5) is 0 Å². The maximum absolute atomic E-state index is 12.6. The quantitative estimate of drug-likeness (QED) is 0.334. The molecule has 4 heteroatoms. The van der Waals surface area contributed by atoms with Crippen LogP contribution in [0.1, 0.15) is 85.7 Å². The molecule has 0 amide bonds. The number of ether oxygens (including phenoxy) is 2. The number of epoxide rings is 1. The number of benzene rings is 2. The molecule has 3 unspecified atom stereocenters. The number of fused-ring (bicyclic) bond motifs is 4. The van der Waals surface area contributed by atoms with Crippen LogP contribution in [0.2, 0.25) is 0 Å². The Morgan fingerprint density at radius 3 is 2.80 bits per heavy atom. The second-order valence-corrected chi connectivity index (χ2v) is 11.9. The van der Waals surface area contributed by atoms with E-state index in [2.05, 4.69) is 19.1 Å². The van der Waals surface area contributed by atoms with Crippen molar-refractivity contribution in [2.45, 2.75) is 87.9 Å². The number of hydrogen-bond acceptors (Lipinski definition) is 4. The van der Waals surface area contributed by atoms with Gasteiger partial charge in [-0.1, -0.05) is 44.0 Å². The highest BCUT2D eigenvalue weighted by Gasteiger charge is 2.82. The van der Waals surface area contributed by atoms with Crippen molar-refractivity contribution >= 4 is 5.97 Å². The molecule has 2 spiro atoms. The van der Waals surface area contributed by atoms with Crippen molar-refractivity contribution in [2.75, 3.05) is 0 Å². The first-order chi connectivity index (χ1) is 17.0. The average Bonchev–Trinajstić information content (AvgIpc) is 3.39. The minimum Gasteiger partial charge on any atom is -0.423 e. The molecule has 184 valence electrons. The Hall–Kier alpha value is -2.17. The Labute approximate surface area is 208 Å². The minimum atomic E-state index is -0.295. The van der Waals surface area contributed by atoms with Gasteiger partial charge in [0.1, 0.15) is 17.0 Å². The second kappa shape index (κ2) is 7.91. The molecule has 35 heavy (non-hydrogen) atoms. The van der Waals surface area contributed by atoms with Gasteiger partial charge < -0.3 is 14.6 Å². The summed E-state index contributed by atoms with van der Waals surface area (Å²) in [4.78, 5) is 12.6. The SMILES string of the molecule is CCC[C@@H]1Cc2cc(OC(=O)c3ccccc3)ccc2C2CC[C@]34O[C@]35C[C@@H](O)CC[C@@H]5CC4C21. The summed E-state index contributed by atoms with van der Waals surface area (Å²) >= 11 is 0. The van der Waals surface area contributed by atoms with Gasteiger partial charge in [-0.15, -0.1) is 0 Å². The van der Waals surface area contributed by atoms with Crippen LogP contribution < -0.4 is 4.74 Å². The van der Waals surface area contributed by atoms with Gasteiger partial charge in [0.2, 0.25) is 0 Å². The largest absolute Gasteiger partial charge is 0.423 e. The molecular formula is C31H36O4. The molecular weight excluding hydrogens is 436 g/mol. The fourth-order valence-electron chi connectivity index (χ4n) is 9.17. The Balaban J connectivity index is 1.19. The highest BCUT2D eigenvalue weighted by Crippen LogP contribution is 2.76. The van der Waals surface area contributed by atoms with Crippen molar-refractivity contribution in [3.8, 4) is 5.75 Å². The summed E-state index contributed by atoms with van der Waals surface area (Å²) in [5, 5.41) is 10.5. The van der Waals surface area contributed by atoms with Crippen molar-refractivity contribution in [3.63, 3.8) is 0 Å². The van der Waals surface area contributed by atoms with Crippen molar-refractivity contribution in [2.24, 2.45) is 23.7 Å². The maximum atomic E-state index is 12.6. The van der Waals surface area contributed by atoms with E-state index in [-0.39, 0.29) is 23.3 Å². The average molecular weight is 473 g/mol. The Morgan fingerprint density at radius 2 is 1.97 bits per heavy atom. The van der Waals surface area contributed by atoms with Crippen LogP contribution in [0.3, 0.4) is 0 Å². The Morgan fingerprint density at radius 1 is 1.11 bits per heavy atom. The van der Waals surface area contributed by atoms with Crippen LogP contribution >= 0.6 is 0 Å². The van der Waals surface area contributed by atoms with Crippen LogP contribution in [0.25, 0.3) is 0 Å². The van der Waals surface area contributed by atoms with Gasteiger partial charge in [-0.3, -0.25) is 0 Å². The molecule has 0 aromatic heterocycles. The molecule has 4 fully saturated rings. The van der Waals surface area contributed by atoms with Crippen LogP contribution in [-0.4, -0.2) is 28.4 Å². The molecule has 2 aromatic carbocycles. The molecule has 2 aromatic rings. The van der Waals surface area contributed by atoms with E-state index in [9.17, 15) is 9.90 Å². The predicted octanol–water partition coefficient (Wildman–Crippen LogP) is 6.06. The van der Waals surface area contributed by atoms with E-state index in [0.717, 1.165) is 32.1 Å². The first-order valence-corrected chi connectivity index (χ1v) is 13.8. The van der Waals surface area contributed by atoms with E-state index < -0.39 is 0 Å². The van der Waals surface area contributed by atoms with Crippen molar-refractivity contribution < 1.29 is 19.4 Å². The Bertz CT molecular complexity index is 1140. The third-order valence-corrected chi connectivity index (χ3v) is 10.4. The predicted molar refractivity (Wildman–Crippen MR) is 133 cm³/mol. The van der Waals surface area contributed by atoms with Crippen LogP contribution in [0.5, 0.6) is 5.75 Å². The highest BCUT2D eigenvalue weighted by atomic mass is 16.6. The molecule has 1 heterocycles. The molecule has 1 aliphatic heterocycles. The summed E-state index contributed by atoms with van der Waals surface area (Å²) in [5.41, 5.74) is 3.44. The molecule has 4 aliphatic carbocycles. The van der Waals surface area contributed by atoms with Gasteiger partial charge in [0.25, 0.3) is 0 Å². The van der Waals surface area contributed by atoms with Crippen LogP contribution in [0, 0.1) is 23.7 Å². The summed E-state index contributed by atoms with van der Waals surface area (Å²) in [6, 6.07) is 15.6.